The molecular weight excluding hydrogens is 264 g/mol. The molecule has 0 aromatic carbocycles. The minimum absolute atomic E-state index is 0.0729. The van der Waals surface area contributed by atoms with Gasteiger partial charge in [-0.05, 0) is 44.7 Å². The molecule has 1 aliphatic carbocycles. The van der Waals surface area contributed by atoms with Gasteiger partial charge in [0.25, 0.3) is 5.91 Å². The van der Waals surface area contributed by atoms with Crippen molar-refractivity contribution < 1.29 is 4.79 Å². The fourth-order valence-corrected chi connectivity index (χ4v) is 2.39. The van der Waals surface area contributed by atoms with Crippen LogP contribution in [0, 0.1) is 5.92 Å². The number of amides is 1. The number of nitrogen functional groups attached to an aromatic ring is 1. The van der Waals surface area contributed by atoms with Gasteiger partial charge < -0.3 is 10.7 Å². The van der Waals surface area contributed by atoms with Crippen LogP contribution in [0.3, 0.4) is 0 Å². The van der Waals surface area contributed by atoms with E-state index in [1.807, 2.05) is 6.07 Å². The predicted octanol–water partition coefficient (Wildman–Crippen LogP) is 2.58. The molecule has 21 heavy (non-hydrogen) atoms. The maximum absolute atomic E-state index is 12.5. The number of aromatic nitrogens is 1. The van der Waals surface area contributed by atoms with E-state index in [1.54, 1.807) is 6.07 Å². The Bertz CT molecular complexity index is 542. The van der Waals surface area contributed by atoms with Gasteiger partial charge in [0.2, 0.25) is 0 Å². The number of rotatable bonds is 4. The minimum atomic E-state index is -0.168. The Morgan fingerprint density at radius 2 is 1.86 bits per heavy atom. The van der Waals surface area contributed by atoms with Gasteiger partial charge in [-0.15, -0.1) is 0 Å². The monoisotopic (exact) mass is 290 g/mol. The van der Waals surface area contributed by atoms with E-state index >= 15 is 0 Å². The molecule has 1 saturated carbocycles. The smallest absolute Gasteiger partial charge is 0.251 e. The number of anilines is 1. The molecule has 0 unspecified atom stereocenters. The van der Waals surface area contributed by atoms with E-state index in [2.05, 4.69) is 50.3 Å². The van der Waals surface area contributed by atoms with Crippen molar-refractivity contribution in [1.29, 1.82) is 0 Å². The van der Waals surface area contributed by atoms with Crippen LogP contribution >= 0.6 is 0 Å². The van der Waals surface area contributed by atoms with Crippen LogP contribution in [0.5, 0.6) is 0 Å². The highest BCUT2D eigenvalue weighted by Gasteiger charge is 2.39. The van der Waals surface area contributed by atoms with E-state index in [0.29, 0.717) is 17.3 Å². The van der Waals surface area contributed by atoms with Crippen LogP contribution in [0.15, 0.2) is 12.1 Å². The largest absolute Gasteiger partial charge is 0.347 e. The summed E-state index contributed by atoms with van der Waals surface area (Å²) in [5, 5.41) is 3.13. The number of nitrogens with two attached hydrogens (primary N) is 1. The van der Waals surface area contributed by atoms with Gasteiger partial charge >= 0.3 is 0 Å². The predicted molar refractivity (Wildman–Crippen MR) is 85.0 cm³/mol. The first-order chi connectivity index (χ1) is 9.63. The average Bonchev–Trinajstić information content (AvgIpc) is 3.21. The van der Waals surface area contributed by atoms with Crippen LogP contribution < -0.4 is 16.6 Å². The molecule has 4 N–H and O–H groups in total. The second kappa shape index (κ2) is 5.30. The summed E-state index contributed by atoms with van der Waals surface area (Å²) < 4.78 is 0. The first-order valence-corrected chi connectivity index (χ1v) is 7.45. The molecule has 5 heteroatoms. The highest BCUT2D eigenvalue weighted by atomic mass is 16.1. The first kappa shape index (κ1) is 15.8. The van der Waals surface area contributed by atoms with Gasteiger partial charge in [0, 0.05) is 22.2 Å². The normalized spacial score (nSPS) is 15.7. The molecule has 0 bridgehead atoms. The number of hydrogen-bond donors (Lipinski definition) is 3. The molecule has 0 spiro atoms. The number of carbonyl (C=O) groups excluding carboxylic acids is 1. The quantitative estimate of drug-likeness (QED) is 0.588. The third-order valence-corrected chi connectivity index (χ3v) is 4.04. The van der Waals surface area contributed by atoms with E-state index in [1.165, 1.54) is 12.8 Å². The van der Waals surface area contributed by atoms with E-state index in [0.717, 1.165) is 5.69 Å². The van der Waals surface area contributed by atoms with E-state index in [-0.39, 0.29) is 16.9 Å². The second-order valence-electron chi connectivity index (χ2n) is 7.47. The minimum Gasteiger partial charge on any atom is -0.347 e. The van der Waals surface area contributed by atoms with Gasteiger partial charge in [-0.3, -0.25) is 4.79 Å². The topological polar surface area (TPSA) is 80.0 Å². The number of pyridine rings is 1. The fraction of sp³-hybridized carbons (Fsp3) is 0.625. The van der Waals surface area contributed by atoms with Crippen LogP contribution in [0.4, 0.5) is 5.82 Å². The molecule has 1 fully saturated rings. The molecule has 1 aromatic heterocycles. The van der Waals surface area contributed by atoms with Gasteiger partial charge in [0.15, 0.2) is 0 Å². The third-order valence-electron chi connectivity index (χ3n) is 4.04. The zero-order chi connectivity index (χ0) is 15.8. The number of nitrogens with zero attached hydrogens (tertiary/aromatic N) is 1. The Hall–Kier alpha value is -1.62. The molecule has 0 saturated heterocycles. The summed E-state index contributed by atoms with van der Waals surface area (Å²) in [5.41, 5.74) is 3.66. The van der Waals surface area contributed by atoms with Gasteiger partial charge in [-0.1, -0.05) is 20.8 Å². The van der Waals surface area contributed by atoms with Crippen LogP contribution in [-0.4, -0.2) is 16.4 Å². The summed E-state index contributed by atoms with van der Waals surface area (Å²) in [6.45, 7) is 10.3. The van der Waals surface area contributed by atoms with Gasteiger partial charge in [0.05, 0.1) is 0 Å². The Morgan fingerprint density at radius 3 is 2.33 bits per heavy atom. The molecule has 1 aromatic rings. The summed E-state index contributed by atoms with van der Waals surface area (Å²) in [6, 6.07) is 3.53. The molecule has 0 radical (unpaired) electrons. The summed E-state index contributed by atoms with van der Waals surface area (Å²) in [6.07, 6.45) is 2.37. The highest BCUT2D eigenvalue weighted by molar-refractivity contribution is 5.95. The SMILES string of the molecule is CC(C)(C)c1cc(C(=O)NC(C)(C)C2CC2)cc(NN)n1. The lowest BCUT2D eigenvalue weighted by Gasteiger charge is -2.27. The fourth-order valence-electron chi connectivity index (χ4n) is 2.39. The van der Waals surface area contributed by atoms with Crippen molar-refractivity contribution in [1.82, 2.24) is 10.3 Å². The average molecular weight is 290 g/mol. The maximum atomic E-state index is 12.5. The van der Waals surface area contributed by atoms with Crippen LogP contribution in [0.1, 0.15) is 63.5 Å². The lowest BCUT2D eigenvalue weighted by Crippen LogP contribution is -2.45. The highest BCUT2D eigenvalue weighted by Crippen LogP contribution is 2.39. The van der Waals surface area contributed by atoms with Gasteiger partial charge in [-0.2, -0.15) is 0 Å². The molecular formula is C16H26N4O. The summed E-state index contributed by atoms with van der Waals surface area (Å²) in [7, 11) is 0. The van der Waals surface area contributed by atoms with Gasteiger partial charge in [-0.25, -0.2) is 10.8 Å². The molecule has 1 aliphatic rings. The Labute approximate surface area is 126 Å². The molecule has 1 amide bonds. The van der Waals surface area contributed by atoms with Crippen molar-refractivity contribution in [3.8, 4) is 0 Å². The lowest BCUT2D eigenvalue weighted by molar-refractivity contribution is 0.0903. The molecule has 5 nitrogen and oxygen atoms in total. The van der Waals surface area contributed by atoms with Crippen molar-refractivity contribution in [2.45, 2.75) is 58.4 Å². The molecule has 1 heterocycles. The van der Waals surface area contributed by atoms with E-state index in [9.17, 15) is 4.79 Å². The van der Waals surface area contributed by atoms with Crippen molar-refractivity contribution in [3.05, 3.63) is 23.4 Å². The van der Waals surface area contributed by atoms with Crippen molar-refractivity contribution in [3.63, 3.8) is 0 Å². The lowest BCUT2D eigenvalue weighted by atomic mass is 9.90. The zero-order valence-corrected chi connectivity index (χ0v) is 13.6. The van der Waals surface area contributed by atoms with E-state index in [4.69, 9.17) is 5.84 Å². The van der Waals surface area contributed by atoms with Crippen molar-refractivity contribution in [2.75, 3.05) is 5.43 Å². The maximum Gasteiger partial charge on any atom is 0.251 e. The Kier molecular flexibility index (Phi) is 3.97. The number of hydrazine groups is 1. The van der Waals surface area contributed by atoms with Crippen LogP contribution in [0.2, 0.25) is 0 Å². The molecule has 2 rings (SSSR count). The van der Waals surface area contributed by atoms with Crippen molar-refractivity contribution >= 4 is 11.7 Å². The van der Waals surface area contributed by atoms with Crippen LogP contribution in [0.25, 0.3) is 0 Å². The Morgan fingerprint density at radius 1 is 1.24 bits per heavy atom. The summed E-state index contributed by atoms with van der Waals surface area (Å²) in [4.78, 5) is 17.0. The molecule has 0 aliphatic heterocycles. The summed E-state index contributed by atoms with van der Waals surface area (Å²) >= 11 is 0. The van der Waals surface area contributed by atoms with E-state index < -0.39 is 0 Å². The number of nitrogens with one attached hydrogen (secondary N) is 2. The van der Waals surface area contributed by atoms with Gasteiger partial charge in [0.1, 0.15) is 5.82 Å². The van der Waals surface area contributed by atoms with Crippen molar-refractivity contribution in [2.24, 2.45) is 11.8 Å². The Balaban J connectivity index is 2.27. The standard InChI is InChI=1S/C16H26N4O/c1-15(2,3)12-8-10(9-13(18-12)20-17)14(21)19-16(4,5)11-6-7-11/h8-9,11H,6-7,17H2,1-5H3,(H,18,20)(H,19,21). The number of carbonyl (C=O) groups is 1. The summed E-state index contributed by atoms with van der Waals surface area (Å²) in [5.74, 6) is 6.49. The second-order valence-corrected chi connectivity index (χ2v) is 7.47. The molecule has 0 atom stereocenters. The number of hydrogen-bond acceptors (Lipinski definition) is 4. The third kappa shape index (κ3) is 3.73. The first-order valence-electron chi connectivity index (χ1n) is 7.45. The zero-order valence-electron chi connectivity index (χ0n) is 13.6. The van der Waals surface area contributed by atoms with Crippen LogP contribution in [-0.2, 0) is 5.41 Å². The molecule has 116 valence electrons.